The molecule has 1 aromatic heterocycles. The number of carbonyl (C=O) groups excluding carboxylic acids is 1. The maximum absolute atomic E-state index is 12.2. The van der Waals surface area contributed by atoms with E-state index in [4.69, 9.17) is 11.6 Å². The largest absolute Gasteiger partial charge is 0.508 e. The predicted octanol–water partition coefficient (Wildman–Crippen LogP) is 2.32. The van der Waals surface area contributed by atoms with Crippen molar-refractivity contribution in [2.75, 3.05) is 0 Å². The fraction of sp³-hybridized carbons (Fsp3) is 0.167. The number of carbonyl (C=O) groups is 1. The summed E-state index contributed by atoms with van der Waals surface area (Å²) in [5.41, 5.74) is 1.34. The molecule has 4 nitrogen and oxygen atoms in total. The van der Waals surface area contributed by atoms with Crippen molar-refractivity contribution in [3.63, 3.8) is 0 Å². The van der Waals surface area contributed by atoms with Gasteiger partial charge in [0.05, 0.1) is 11.3 Å². The van der Waals surface area contributed by atoms with Crippen LogP contribution >= 0.6 is 11.6 Å². The SMILES string of the molecule is Cc1nn(C)c(Cl)c1C(=O)c1cccc(O)c1. The van der Waals surface area contributed by atoms with Crippen LogP contribution in [0.1, 0.15) is 21.6 Å². The van der Waals surface area contributed by atoms with Gasteiger partial charge in [0.25, 0.3) is 0 Å². The summed E-state index contributed by atoms with van der Waals surface area (Å²) in [6, 6.07) is 6.16. The van der Waals surface area contributed by atoms with Gasteiger partial charge in [-0.15, -0.1) is 0 Å². The number of aryl methyl sites for hydroxylation is 2. The second kappa shape index (κ2) is 4.22. The first kappa shape index (κ1) is 11.7. The van der Waals surface area contributed by atoms with E-state index in [0.717, 1.165) is 0 Å². The fourth-order valence-corrected chi connectivity index (χ4v) is 1.94. The van der Waals surface area contributed by atoms with Crippen molar-refractivity contribution < 1.29 is 9.90 Å². The number of nitrogens with zero attached hydrogens (tertiary/aromatic N) is 2. The summed E-state index contributed by atoms with van der Waals surface area (Å²) in [6.45, 7) is 1.72. The topological polar surface area (TPSA) is 55.1 Å². The second-order valence-electron chi connectivity index (χ2n) is 3.75. The first-order valence-corrected chi connectivity index (χ1v) is 5.41. The Bertz CT molecular complexity index is 590. The molecule has 0 spiro atoms. The van der Waals surface area contributed by atoms with Crippen molar-refractivity contribution in [3.05, 3.63) is 46.2 Å². The van der Waals surface area contributed by atoms with E-state index in [2.05, 4.69) is 5.10 Å². The minimum Gasteiger partial charge on any atom is -0.508 e. The van der Waals surface area contributed by atoms with Gasteiger partial charge in [0.2, 0.25) is 0 Å². The molecule has 88 valence electrons. The van der Waals surface area contributed by atoms with Gasteiger partial charge in [0, 0.05) is 12.6 Å². The maximum Gasteiger partial charge on any atom is 0.198 e. The molecule has 0 aliphatic heterocycles. The Morgan fingerprint density at radius 2 is 2.18 bits per heavy atom. The third kappa shape index (κ3) is 2.03. The molecule has 0 amide bonds. The molecule has 1 heterocycles. The zero-order chi connectivity index (χ0) is 12.6. The fourth-order valence-electron chi connectivity index (χ4n) is 1.68. The molecule has 0 saturated heterocycles. The van der Waals surface area contributed by atoms with E-state index in [1.165, 1.54) is 16.8 Å². The van der Waals surface area contributed by atoms with Crippen LogP contribution in [0.2, 0.25) is 5.15 Å². The standard InChI is InChI=1S/C12H11ClN2O2/c1-7-10(12(13)15(2)14-7)11(17)8-4-3-5-9(16)6-8/h3-6,16H,1-2H3. The highest BCUT2D eigenvalue weighted by molar-refractivity contribution is 6.34. The van der Waals surface area contributed by atoms with Gasteiger partial charge in [-0.3, -0.25) is 9.48 Å². The lowest BCUT2D eigenvalue weighted by Gasteiger charge is -2.01. The van der Waals surface area contributed by atoms with Gasteiger partial charge in [-0.1, -0.05) is 23.7 Å². The molecule has 0 bridgehead atoms. The molecular formula is C12H11ClN2O2. The van der Waals surface area contributed by atoms with Crippen molar-refractivity contribution in [2.24, 2.45) is 7.05 Å². The van der Waals surface area contributed by atoms with Crippen molar-refractivity contribution in [3.8, 4) is 5.75 Å². The normalized spacial score (nSPS) is 10.5. The van der Waals surface area contributed by atoms with Crippen LogP contribution in [0, 0.1) is 6.92 Å². The number of ketones is 1. The van der Waals surface area contributed by atoms with Crippen LogP contribution in [0.3, 0.4) is 0 Å². The van der Waals surface area contributed by atoms with Crippen LogP contribution in [0.5, 0.6) is 5.75 Å². The first-order valence-electron chi connectivity index (χ1n) is 5.03. The van der Waals surface area contributed by atoms with Crippen LogP contribution < -0.4 is 0 Å². The van der Waals surface area contributed by atoms with Gasteiger partial charge < -0.3 is 5.11 Å². The molecule has 0 fully saturated rings. The zero-order valence-corrected chi connectivity index (χ0v) is 10.2. The number of halogens is 1. The lowest BCUT2D eigenvalue weighted by atomic mass is 10.0. The second-order valence-corrected chi connectivity index (χ2v) is 4.11. The Kier molecular flexibility index (Phi) is 2.90. The van der Waals surface area contributed by atoms with E-state index in [1.807, 2.05) is 0 Å². The number of benzene rings is 1. The summed E-state index contributed by atoms with van der Waals surface area (Å²) in [4.78, 5) is 12.2. The molecule has 0 aliphatic carbocycles. The number of aromatic nitrogens is 2. The van der Waals surface area contributed by atoms with Crippen LogP contribution in [-0.4, -0.2) is 20.7 Å². The van der Waals surface area contributed by atoms with E-state index in [0.29, 0.717) is 22.0 Å². The highest BCUT2D eigenvalue weighted by atomic mass is 35.5. The van der Waals surface area contributed by atoms with E-state index in [9.17, 15) is 9.90 Å². The molecule has 0 aliphatic rings. The number of hydrogen-bond acceptors (Lipinski definition) is 3. The molecule has 2 rings (SSSR count). The molecule has 0 atom stereocenters. The van der Waals surface area contributed by atoms with Gasteiger partial charge in [-0.2, -0.15) is 5.10 Å². The number of aromatic hydroxyl groups is 1. The van der Waals surface area contributed by atoms with Gasteiger partial charge in [0.15, 0.2) is 5.78 Å². The highest BCUT2D eigenvalue weighted by Gasteiger charge is 2.20. The molecular weight excluding hydrogens is 240 g/mol. The maximum atomic E-state index is 12.2. The molecule has 5 heteroatoms. The summed E-state index contributed by atoms with van der Waals surface area (Å²) in [7, 11) is 1.68. The van der Waals surface area contributed by atoms with E-state index >= 15 is 0 Å². The van der Waals surface area contributed by atoms with E-state index < -0.39 is 0 Å². The summed E-state index contributed by atoms with van der Waals surface area (Å²) < 4.78 is 1.45. The molecule has 17 heavy (non-hydrogen) atoms. The first-order chi connectivity index (χ1) is 8.00. The molecule has 0 saturated carbocycles. The van der Waals surface area contributed by atoms with Gasteiger partial charge in [0.1, 0.15) is 10.9 Å². The van der Waals surface area contributed by atoms with Gasteiger partial charge in [-0.05, 0) is 19.1 Å². The quantitative estimate of drug-likeness (QED) is 0.833. The Morgan fingerprint density at radius 3 is 2.71 bits per heavy atom. The molecule has 2 aromatic rings. The van der Waals surface area contributed by atoms with E-state index in [-0.39, 0.29) is 11.5 Å². The number of phenolic OH excluding ortho intramolecular Hbond substituents is 1. The minimum atomic E-state index is -0.239. The van der Waals surface area contributed by atoms with Gasteiger partial charge >= 0.3 is 0 Å². The summed E-state index contributed by atoms with van der Waals surface area (Å²) in [5, 5.41) is 13.7. The zero-order valence-electron chi connectivity index (χ0n) is 9.44. The monoisotopic (exact) mass is 250 g/mol. The number of hydrogen-bond donors (Lipinski definition) is 1. The predicted molar refractivity (Wildman–Crippen MR) is 64.5 cm³/mol. The van der Waals surface area contributed by atoms with Crippen molar-refractivity contribution in [2.45, 2.75) is 6.92 Å². The average Bonchev–Trinajstić information content (AvgIpc) is 2.52. The summed E-state index contributed by atoms with van der Waals surface area (Å²) in [5.74, 6) is -0.190. The van der Waals surface area contributed by atoms with Crippen LogP contribution in [0.15, 0.2) is 24.3 Å². The molecule has 1 aromatic carbocycles. The lowest BCUT2D eigenvalue weighted by Crippen LogP contribution is -2.02. The minimum absolute atomic E-state index is 0.0496. The number of rotatable bonds is 2. The third-order valence-corrected chi connectivity index (χ3v) is 2.92. The van der Waals surface area contributed by atoms with Crippen molar-refractivity contribution >= 4 is 17.4 Å². The molecule has 0 radical (unpaired) electrons. The smallest absolute Gasteiger partial charge is 0.198 e. The Morgan fingerprint density at radius 1 is 1.47 bits per heavy atom. The lowest BCUT2D eigenvalue weighted by molar-refractivity contribution is 0.103. The van der Waals surface area contributed by atoms with Gasteiger partial charge in [-0.25, -0.2) is 0 Å². The van der Waals surface area contributed by atoms with Crippen molar-refractivity contribution in [1.29, 1.82) is 0 Å². The highest BCUT2D eigenvalue weighted by Crippen LogP contribution is 2.23. The van der Waals surface area contributed by atoms with Crippen LogP contribution in [-0.2, 0) is 7.05 Å². The summed E-state index contributed by atoms with van der Waals surface area (Å²) >= 11 is 6.02. The van der Waals surface area contributed by atoms with E-state index in [1.54, 1.807) is 26.1 Å². The Labute approximate surface area is 103 Å². The molecule has 0 unspecified atom stereocenters. The van der Waals surface area contributed by atoms with Crippen LogP contribution in [0.25, 0.3) is 0 Å². The molecule has 1 N–H and O–H groups in total. The Hall–Kier alpha value is -1.81. The van der Waals surface area contributed by atoms with Crippen LogP contribution in [0.4, 0.5) is 0 Å². The summed E-state index contributed by atoms with van der Waals surface area (Å²) in [6.07, 6.45) is 0. The third-order valence-electron chi connectivity index (χ3n) is 2.49. The van der Waals surface area contributed by atoms with Crippen molar-refractivity contribution in [1.82, 2.24) is 9.78 Å². The Balaban J connectivity index is 2.51. The number of phenols is 1. The average molecular weight is 251 g/mol.